The van der Waals surface area contributed by atoms with Gasteiger partial charge in [0.25, 0.3) is 0 Å². The summed E-state index contributed by atoms with van der Waals surface area (Å²) in [6, 6.07) is 3.68. The van der Waals surface area contributed by atoms with Gasteiger partial charge in [-0.1, -0.05) is 60.6 Å². The molecule has 1 unspecified atom stereocenters. The average Bonchev–Trinajstić information content (AvgIpc) is 2.76. The van der Waals surface area contributed by atoms with E-state index in [-0.39, 0.29) is 23.0 Å². The Hall–Kier alpha value is -0.430. The molecule has 0 spiro atoms. The molecule has 1 aliphatic heterocycles. The molecule has 1 aromatic rings. The number of hydrogen-bond donors (Lipinski definition) is 1. The lowest BCUT2D eigenvalue weighted by molar-refractivity contribution is 0.1000. The van der Waals surface area contributed by atoms with E-state index in [2.05, 4.69) is 4.90 Å². The van der Waals surface area contributed by atoms with Gasteiger partial charge in [-0.3, -0.25) is 9.79 Å². The quantitative estimate of drug-likeness (QED) is 0.583. The molecule has 1 saturated carbocycles. The maximum Gasteiger partial charge on any atom is 0.248 e. The average molecular weight is 481 g/mol. The molecular weight excluding hydrogens is 457 g/mol. The van der Waals surface area contributed by atoms with Gasteiger partial charge in [0.1, 0.15) is 0 Å². The molecule has 26 heavy (non-hydrogen) atoms. The molecule has 8 heteroatoms. The van der Waals surface area contributed by atoms with Crippen molar-refractivity contribution in [2.24, 2.45) is 10.7 Å². The van der Waals surface area contributed by atoms with E-state index in [1.54, 1.807) is 23.9 Å². The van der Waals surface area contributed by atoms with Gasteiger partial charge in [0.15, 0.2) is 5.17 Å². The zero-order valence-corrected chi connectivity index (χ0v) is 18.8. The van der Waals surface area contributed by atoms with E-state index in [1.165, 1.54) is 38.5 Å². The number of rotatable bonds is 3. The second-order valence-corrected chi connectivity index (χ2v) is 8.51. The molecule has 144 valence electrons. The zero-order valence-electron chi connectivity index (χ0n) is 14.7. The molecule has 0 radical (unpaired) electrons. The molecule has 1 aromatic carbocycles. The Bertz CT molecular complexity index is 670. The van der Waals surface area contributed by atoms with Crippen molar-refractivity contribution >= 4 is 63.0 Å². The number of aliphatic imine (C=N–C) groups is 1. The fourth-order valence-corrected chi connectivity index (χ4v) is 5.48. The van der Waals surface area contributed by atoms with Crippen LogP contribution < -0.4 is 5.73 Å². The first-order valence-corrected chi connectivity index (χ1v) is 10.4. The minimum atomic E-state index is -0.528. The molecule has 2 N–H and O–H groups in total. The van der Waals surface area contributed by atoms with Crippen molar-refractivity contribution in [2.75, 3.05) is 12.8 Å². The SMILES string of the molecule is Br.CN1C(=NC2CCCCCC2)SCC1c1c(Cl)cc(C(N)=O)cc1Cl. The summed E-state index contributed by atoms with van der Waals surface area (Å²) >= 11 is 14.6. The molecule has 2 aliphatic rings. The van der Waals surface area contributed by atoms with Gasteiger partial charge >= 0.3 is 0 Å². The second-order valence-electron chi connectivity index (χ2n) is 6.71. The lowest BCUT2D eigenvalue weighted by Crippen LogP contribution is -2.25. The lowest BCUT2D eigenvalue weighted by atomic mass is 10.0. The molecule has 1 aliphatic carbocycles. The van der Waals surface area contributed by atoms with Crippen LogP contribution in [0.4, 0.5) is 0 Å². The molecule has 0 aromatic heterocycles. The predicted octanol–water partition coefficient (Wildman–Crippen LogP) is 5.47. The highest BCUT2D eigenvalue weighted by molar-refractivity contribution is 8.93. The van der Waals surface area contributed by atoms with Gasteiger partial charge in [0, 0.05) is 34.0 Å². The minimum absolute atomic E-state index is 0. The third-order valence-corrected chi connectivity index (χ3v) is 6.71. The predicted molar refractivity (Wildman–Crippen MR) is 117 cm³/mol. The number of amides is 1. The Morgan fingerprint density at radius 3 is 2.31 bits per heavy atom. The minimum Gasteiger partial charge on any atom is -0.366 e. The normalized spacial score (nSPS) is 23.0. The van der Waals surface area contributed by atoms with Crippen LogP contribution in [0.2, 0.25) is 10.0 Å². The molecule has 2 fully saturated rings. The Morgan fingerprint density at radius 2 is 1.77 bits per heavy atom. The van der Waals surface area contributed by atoms with Gasteiger partial charge in [0.2, 0.25) is 5.91 Å². The van der Waals surface area contributed by atoms with E-state index < -0.39 is 5.91 Å². The first-order valence-electron chi connectivity index (χ1n) is 8.69. The fraction of sp³-hybridized carbons (Fsp3) is 0.556. The van der Waals surface area contributed by atoms with Crippen LogP contribution in [0.25, 0.3) is 0 Å². The first kappa shape index (κ1) is 21.9. The highest BCUT2D eigenvalue weighted by Gasteiger charge is 2.32. The van der Waals surface area contributed by atoms with E-state index in [1.807, 2.05) is 7.05 Å². The number of primary amides is 1. The Morgan fingerprint density at radius 1 is 1.19 bits per heavy atom. The van der Waals surface area contributed by atoms with Crippen LogP contribution >= 0.6 is 51.9 Å². The van der Waals surface area contributed by atoms with Crippen molar-refractivity contribution in [3.8, 4) is 0 Å². The van der Waals surface area contributed by atoms with Crippen LogP contribution in [0, 0.1) is 0 Å². The molecule has 1 amide bonds. The second kappa shape index (κ2) is 9.67. The summed E-state index contributed by atoms with van der Waals surface area (Å²) in [7, 11) is 2.04. The summed E-state index contributed by atoms with van der Waals surface area (Å²) in [6.45, 7) is 0. The summed E-state index contributed by atoms with van der Waals surface area (Å²) in [4.78, 5) is 18.5. The number of amidine groups is 1. The van der Waals surface area contributed by atoms with Gasteiger partial charge in [-0.15, -0.1) is 17.0 Å². The van der Waals surface area contributed by atoms with Crippen molar-refractivity contribution in [1.29, 1.82) is 0 Å². The van der Waals surface area contributed by atoms with E-state index in [4.69, 9.17) is 33.9 Å². The topological polar surface area (TPSA) is 58.7 Å². The first-order chi connectivity index (χ1) is 12.0. The van der Waals surface area contributed by atoms with E-state index in [0.29, 0.717) is 21.7 Å². The van der Waals surface area contributed by atoms with Crippen molar-refractivity contribution in [3.63, 3.8) is 0 Å². The number of hydrogen-bond acceptors (Lipinski definition) is 3. The monoisotopic (exact) mass is 479 g/mol. The Labute approximate surface area is 179 Å². The number of carbonyl (C=O) groups excluding carboxylic acids is 1. The molecular formula is C18H24BrCl2N3OS. The summed E-state index contributed by atoms with van der Waals surface area (Å²) in [5, 5.41) is 2.02. The molecule has 3 rings (SSSR count). The lowest BCUT2D eigenvalue weighted by Gasteiger charge is -2.24. The highest BCUT2D eigenvalue weighted by atomic mass is 79.9. The summed E-state index contributed by atoms with van der Waals surface area (Å²) in [5.41, 5.74) is 6.51. The van der Waals surface area contributed by atoms with Crippen LogP contribution in [0.5, 0.6) is 0 Å². The standard InChI is InChI=1S/C18H23Cl2N3OS.BrH/c1-23-15(16-13(19)8-11(17(21)24)9-14(16)20)10-25-18(23)22-12-6-4-2-3-5-7-12;/h8-9,12,15H,2-7,10H2,1H3,(H2,21,24);1H. The zero-order chi connectivity index (χ0) is 18.0. The van der Waals surface area contributed by atoms with Gasteiger partial charge in [-0.05, 0) is 25.0 Å². The maximum absolute atomic E-state index is 11.4. The van der Waals surface area contributed by atoms with Crippen LogP contribution in [-0.4, -0.2) is 34.8 Å². The summed E-state index contributed by atoms with van der Waals surface area (Å²) in [5.74, 6) is 0.317. The van der Waals surface area contributed by atoms with E-state index >= 15 is 0 Å². The van der Waals surface area contributed by atoms with Crippen molar-refractivity contribution in [2.45, 2.75) is 50.6 Å². The fourth-order valence-electron chi connectivity index (χ4n) is 3.49. The largest absolute Gasteiger partial charge is 0.366 e. The number of carbonyl (C=O) groups is 1. The van der Waals surface area contributed by atoms with Gasteiger partial charge in [-0.25, -0.2) is 0 Å². The maximum atomic E-state index is 11.4. The number of halogens is 3. The smallest absolute Gasteiger partial charge is 0.248 e. The van der Waals surface area contributed by atoms with Crippen molar-refractivity contribution in [1.82, 2.24) is 4.90 Å². The third-order valence-electron chi connectivity index (χ3n) is 4.95. The van der Waals surface area contributed by atoms with Crippen molar-refractivity contribution in [3.05, 3.63) is 33.3 Å². The molecule has 1 atom stereocenters. The molecule has 1 heterocycles. The van der Waals surface area contributed by atoms with Gasteiger partial charge in [0.05, 0.1) is 12.1 Å². The van der Waals surface area contributed by atoms with Crippen LogP contribution in [-0.2, 0) is 0 Å². The van der Waals surface area contributed by atoms with Crippen LogP contribution in [0.1, 0.15) is 60.5 Å². The molecule has 0 bridgehead atoms. The third kappa shape index (κ3) is 4.89. The Kier molecular flexibility index (Phi) is 8.13. The van der Waals surface area contributed by atoms with Gasteiger partial charge < -0.3 is 10.6 Å². The summed E-state index contributed by atoms with van der Waals surface area (Å²) < 4.78 is 0. The van der Waals surface area contributed by atoms with E-state index in [9.17, 15) is 4.79 Å². The van der Waals surface area contributed by atoms with Gasteiger partial charge in [-0.2, -0.15) is 0 Å². The number of benzene rings is 1. The van der Waals surface area contributed by atoms with Crippen LogP contribution in [0.15, 0.2) is 17.1 Å². The van der Waals surface area contributed by atoms with Crippen LogP contribution in [0.3, 0.4) is 0 Å². The molecule has 4 nitrogen and oxygen atoms in total. The number of nitrogens with zero attached hydrogens (tertiary/aromatic N) is 2. The number of thioether (sulfide) groups is 1. The van der Waals surface area contributed by atoms with Crippen molar-refractivity contribution < 1.29 is 4.79 Å². The summed E-state index contributed by atoms with van der Waals surface area (Å²) in [6.07, 6.45) is 7.54. The highest BCUT2D eigenvalue weighted by Crippen LogP contribution is 2.41. The number of nitrogens with two attached hydrogens (primary N) is 1. The Balaban J connectivity index is 0.00000243. The van der Waals surface area contributed by atoms with E-state index in [0.717, 1.165) is 16.5 Å². The molecule has 1 saturated heterocycles.